The monoisotopic (exact) mass is 316 g/mol. The minimum Gasteiger partial charge on any atom is -0.461 e. The first-order chi connectivity index (χ1) is 9.27. The first-order valence-corrected chi connectivity index (χ1v) is 7.67. The maximum absolute atomic E-state index is 12.0. The summed E-state index contributed by atoms with van der Waals surface area (Å²) in [5, 5.41) is 5.88. The molecule has 20 heavy (non-hydrogen) atoms. The molecule has 0 aliphatic rings. The van der Waals surface area contributed by atoms with Gasteiger partial charge in [-0.2, -0.15) is 0 Å². The van der Waals surface area contributed by atoms with E-state index in [0.717, 1.165) is 0 Å². The predicted molar refractivity (Wildman–Crippen MR) is 75.3 cm³/mol. The van der Waals surface area contributed by atoms with Crippen LogP contribution in [0.2, 0.25) is 5.02 Å². The zero-order valence-corrected chi connectivity index (χ0v) is 12.5. The highest BCUT2D eigenvalue weighted by atomic mass is 35.5. The van der Waals surface area contributed by atoms with E-state index in [4.69, 9.17) is 21.5 Å². The number of hydrogen-bond donors (Lipinski definition) is 1. The molecular formula is C12H13ClN2O4S. The van der Waals surface area contributed by atoms with Crippen molar-refractivity contribution in [3.8, 4) is 0 Å². The van der Waals surface area contributed by atoms with Gasteiger partial charge in [-0.3, -0.25) is 0 Å². The van der Waals surface area contributed by atoms with Gasteiger partial charge in [-0.15, -0.1) is 0 Å². The highest BCUT2D eigenvalue weighted by molar-refractivity contribution is 7.89. The van der Waals surface area contributed by atoms with Crippen LogP contribution in [0.3, 0.4) is 0 Å². The van der Waals surface area contributed by atoms with Gasteiger partial charge in [-0.1, -0.05) is 11.6 Å². The predicted octanol–water partition coefficient (Wildman–Crippen LogP) is 1.66. The number of sulfonamides is 1. The molecule has 0 radical (unpaired) electrons. The zero-order chi connectivity index (χ0) is 15.1. The quantitative estimate of drug-likeness (QED) is 0.872. The number of nitrogens with two attached hydrogens (primary N) is 1. The van der Waals surface area contributed by atoms with Gasteiger partial charge in [-0.25, -0.2) is 18.4 Å². The van der Waals surface area contributed by atoms with E-state index >= 15 is 0 Å². The van der Waals surface area contributed by atoms with E-state index in [9.17, 15) is 13.2 Å². The van der Waals surface area contributed by atoms with Crippen LogP contribution in [0.25, 0.3) is 10.9 Å². The third kappa shape index (κ3) is 2.39. The zero-order valence-electron chi connectivity index (χ0n) is 10.9. The molecule has 0 atom stereocenters. The van der Waals surface area contributed by atoms with Gasteiger partial charge < -0.3 is 9.30 Å². The molecule has 0 fully saturated rings. The molecule has 1 aromatic heterocycles. The van der Waals surface area contributed by atoms with Crippen molar-refractivity contribution in [3.05, 3.63) is 28.9 Å². The number of carbonyl (C=O) groups excluding carboxylic acids is 1. The Morgan fingerprint density at radius 3 is 2.65 bits per heavy atom. The van der Waals surface area contributed by atoms with E-state index < -0.39 is 16.0 Å². The van der Waals surface area contributed by atoms with E-state index in [2.05, 4.69) is 0 Å². The molecule has 2 rings (SSSR count). The fourth-order valence-corrected chi connectivity index (χ4v) is 3.23. The average Bonchev–Trinajstić information content (AvgIpc) is 2.62. The normalized spacial score (nSPS) is 11.8. The number of hydrogen-bond acceptors (Lipinski definition) is 4. The van der Waals surface area contributed by atoms with Crippen LogP contribution in [0.4, 0.5) is 0 Å². The maximum Gasteiger partial charge on any atom is 0.356 e. The van der Waals surface area contributed by atoms with E-state index in [0.29, 0.717) is 15.9 Å². The lowest BCUT2D eigenvalue weighted by atomic mass is 10.2. The largest absolute Gasteiger partial charge is 0.461 e. The highest BCUT2D eigenvalue weighted by Crippen LogP contribution is 2.31. The summed E-state index contributed by atoms with van der Waals surface area (Å²) < 4.78 is 30.0. The second-order valence-corrected chi connectivity index (χ2v) is 6.10. The molecule has 2 aromatic rings. The SMILES string of the molecule is CCOC(=O)c1c(S(N)(=O)=O)c2cc(Cl)ccc2n1C. The Kier molecular flexibility index (Phi) is 3.77. The number of nitrogens with zero attached hydrogens (tertiary/aromatic N) is 1. The minimum absolute atomic E-state index is 0.105. The van der Waals surface area contributed by atoms with Crippen molar-refractivity contribution in [2.24, 2.45) is 12.2 Å². The van der Waals surface area contributed by atoms with E-state index in [1.807, 2.05) is 0 Å². The van der Waals surface area contributed by atoms with Crippen LogP contribution in [-0.4, -0.2) is 25.6 Å². The molecule has 0 aliphatic carbocycles. The van der Waals surface area contributed by atoms with Gasteiger partial charge in [-0.05, 0) is 25.1 Å². The Labute approximate surface area is 121 Å². The number of ether oxygens (including phenoxy) is 1. The van der Waals surface area contributed by atoms with Gasteiger partial charge >= 0.3 is 5.97 Å². The Hall–Kier alpha value is -1.57. The second kappa shape index (κ2) is 5.08. The summed E-state index contributed by atoms with van der Waals surface area (Å²) in [6.45, 7) is 1.76. The van der Waals surface area contributed by atoms with Crippen LogP contribution in [0.5, 0.6) is 0 Å². The van der Waals surface area contributed by atoms with Gasteiger partial charge in [0.25, 0.3) is 0 Å². The van der Waals surface area contributed by atoms with Gasteiger partial charge in [0.2, 0.25) is 10.0 Å². The molecule has 0 saturated heterocycles. The molecule has 0 spiro atoms. The molecule has 0 aliphatic heterocycles. The molecule has 1 aromatic carbocycles. The Morgan fingerprint density at radius 1 is 1.45 bits per heavy atom. The molecule has 0 saturated carbocycles. The number of aryl methyl sites for hydroxylation is 1. The lowest BCUT2D eigenvalue weighted by Gasteiger charge is -2.05. The second-order valence-electron chi connectivity index (χ2n) is 4.16. The topological polar surface area (TPSA) is 91.4 Å². The van der Waals surface area contributed by atoms with Crippen molar-refractivity contribution < 1.29 is 17.9 Å². The highest BCUT2D eigenvalue weighted by Gasteiger charge is 2.28. The molecule has 2 N–H and O–H groups in total. The Balaban J connectivity index is 2.92. The lowest BCUT2D eigenvalue weighted by molar-refractivity contribution is 0.0511. The molecule has 108 valence electrons. The van der Waals surface area contributed by atoms with Gasteiger partial charge in [0, 0.05) is 23.0 Å². The van der Waals surface area contributed by atoms with E-state index in [-0.39, 0.29) is 17.2 Å². The summed E-state index contributed by atoms with van der Waals surface area (Å²) in [5.41, 5.74) is 0.424. The van der Waals surface area contributed by atoms with Crippen molar-refractivity contribution in [2.45, 2.75) is 11.8 Å². The fraction of sp³-hybridized carbons (Fsp3) is 0.250. The summed E-state index contributed by atoms with van der Waals surface area (Å²) >= 11 is 5.88. The van der Waals surface area contributed by atoms with Crippen LogP contribution in [0.15, 0.2) is 23.1 Å². The van der Waals surface area contributed by atoms with Crippen molar-refractivity contribution in [1.82, 2.24) is 4.57 Å². The standard InChI is InChI=1S/C12H13ClN2O4S/c1-3-19-12(16)10-11(20(14,17)18)8-6-7(13)4-5-9(8)15(10)2/h4-6H,3H2,1-2H3,(H2,14,17,18). The molecule has 6 nitrogen and oxygen atoms in total. The first kappa shape index (κ1) is 14.8. The van der Waals surface area contributed by atoms with Crippen molar-refractivity contribution >= 4 is 38.5 Å². The molecular weight excluding hydrogens is 304 g/mol. The van der Waals surface area contributed by atoms with Crippen LogP contribution >= 0.6 is 11.6 Å². The van der Waals surface area contributed by atoms with Gasteiger partial charge in [0.1, 0.15) is 10.6 Å². The number of benzene rings is 1. The maximum atomic E-state index is 12.0. The van der Waals surface area contributed by atoms with Gasteiger partial charge in [0.15, 0.2) is 0 Å². The lowest BCUT2D eigenvalue weighted by Crippen LogP contribution is -2.19. The third-order valence-electron chi connectivity index (χ3n) is 2.87. The van der Waals surface area contributed by atoms with Gasteiger partial charge in [0.05, 0.1) is 6.61 Å². The number of fused-ring (bicyclic) bond motifs is 1. The summed E-state index contributed by atoms with van der Waals surface area (Å²) in [6, 6.07) is 4.68. The number of carbonyl (C=O) groups is 1. The average molecular weight is 317 g/mol. The van der Waals surface area contributed by atoms with Crippen molar-refractivity contribution in [1.29, 1.82) is 0 Å². The van der Waals surface area contributed by atoms with Crippen LogP contribution in [0, 0.1) is 0 Å². The molecule has 0 amide bonds. The number of halogens is 1. The van der Waals surface area contributed by atoms with Crippen molar-refractivity contribution in [2.75, 3.05) is 6.61 Å². The Bertz CT molecular complexity index is 795. The number of esters is 1. The molecule has 0 bridgehead atoms. The van der Waals surface area contributed by atoms with Crippen LogP contribution < -0.4 is 5.14 Å². The minimum atomic E-state index is -4.10. The first-order valence-electron chi connectivity index (χ1n) is 5.75. The fourth-order valence-electron chi connectivity index (χ4n) is 2.10. The summed E-state index contributed by atoms with van der Waals surface area (Å²) in [6.07, 6.45) is 0. The number of rotatable bonds is 3. The van der Waals surface area contributed by atoms with Crippen LogP contribution in [-0.2, 0) is 21.8 Å². The summed E-state index contributed by atoms with van der Waals surface area (Å²) in [4.78, 5) is 11.7. The molecule has 8 heteroatoms. The number of primary sulfonamides is 1. The Morgan fingerprint density at radius 2 is 2.10 bits per heavy atom. The van der Waals surface area contributed by atoms with Crippen LogP contribution in [0.1, 0.15) is 17.4 Å². The smallest absolute Gasteiger partial charge is 0.356 e. The van der Waals surface area contributed by atoms with E-state index in [1.54, 1.807) is 26.1 Å². The summed E-state index contributed by atoms with van der Waals surface area (Å²) in [5.74, 6) is -0.744. The van der Waals surface area contributed by atoms with Crippen molar-refractivity contribution in [3.63, 3.8) is 0 Å². The third-order valence-corrected chi connectivity index (χ3v) is 4.09. The molecule has 1 heterocycles. The summed E-state index contributed by atoms with van der Waals surface area (Å²) in [7, 11) is -2.53. The van der Waals surface area contributed by atoms with E-state index in [1.165, 1.54) is 10.6 Å². The molecule has 0 unspecified atom stereocenters. The number of aromatic nitrogens is 1.